The van der Waals surface area contributed by atoms with Crippen LogP contribution < -0.4 is 11.1 Å². The number of rotatable bonds is 7. The van der Waals surface area contributed by atoms with Crippen LogP contribution in [0.2, 0.25) is 0 Å². The van der Waals surface area contributed by atoms with Gasteiger partial charge in [0.1, 0.15) is 5.54 Å². The highest BCUT2D eigenvalue weighted by atomic mass is 35.5. The van der Waals surface area contributed by atoms with E-state index in [1.807, 2.05) is 20.8 Å². The normalized spacial score (nSPS) is 26.1. The molecule has 1 aliphatic heterocycles. The molecule has 1 aromatic rings. The Morgan fingerprint density at radius 2 is 1.73 bits per heavy atom. The molecule has 3 N–H and O–H groups in total. The molecule has 0 aromatic heterocycles. The van der Waals surface area contributed by atoms with Crippen LogP contribution in [0.5, 0.6) is 0 Å². The maximum Gasteiger partial charge on any atom is 0.241 e. The van der Waals surface area contributed by atoms with Gasteiger partial charge in [0.2, 0.25) is 5.91 Å². The lowest BCUT2D eigenvalue weighted by atomic mass is 9.54. The number of amides is 1. The summed E-state index contributed by atoms with van der Waals surface area (Å²) in [5.74, 6) is 0.775. The van der Waals surface area contributed by atoms with Crippen molar-refractivity contribution in [2.24, 2.45) is 17.1 Å². The summed E-state index contributed by atoms with van der Waals surface area (Å²) in [5.41, 5.74) is 7.66. The monoisotopic (exact) mass is 459 g/mol. The van der Waals surface area contributed by atoms with Crippen molar-refractivity contribution in [2.75, 3.05) is 19.7 Å². The minimum Gasteiger partial charge on any atom is -0.378 e. The maximum absolute atomic E-state index is 12.7. The second-order valence-corrected chi connectivity index (χ2v) is 9.30. The summed E-state index contributed by atoms with van der Waals surface area (Å²) in [6.45, 7) is 12.9. The van der Waals surface area contributed by atoms with Gasteiger partial charge in [0.15, 0.2) is 0 Å². The van der Waals surface area contributed by atoms with Gasteiger partial charge in [-0.1, -0.05) is 45.0 Å². The highest BCUT2D eigenvalue weighted by Gasteiger charge is 2.62. The molecular formula is C23H39Cl2N3O2. The molecule has 2 aliphatic rings. The molecule has 2 unspecified atom stereocenters. The largest absolute Gasteiger partial charge is 0.378 e. The van der Waals surface area contributed by atoms with E-state index in [0.29, 0.717) is 19.6 Å². The topological polar surface area (TPSA) is 67.6 Å². The van der Waals surface area contributed by atoms with Crippen molar-refractivity contribution in [1.29, 1.82) is 0 Å². The van der Waals surface area contributed by atoms with Gasteiger partial charge in [-0.3, -0.25) is 9.69 Å². The van der Waals surface area contributed by atoms with Gasteiger partial charge in [0.25, 0.3) is 0 Å². The number of carbonyl (C=O) groups is 1. The summed E-state index contributed by atoms with van der Waals surface area (Å²) in [6, 6.07) is 8.58. The molecule has 172 valence electrons. The number of hydrogen-bond donors (Lipinski definition) is 2. The van der Waals surface area contributed by atoms with E-state index < -0.39 is 5.54 Å². The molecule has 0 bridgehead atoms. The fraction of sp³-hybridized carbons (Fsp3) is 0.696. The first-order chi connectivity index (χ1) is 13.3. The van der Waals surface area contributed by atoms with E-state index in [9.17, 15) is 4.79 Å². The zero-order valence-electron chi connectivity index (χ0n) is 18.8. The Hall–Kier alpha value is -0.850. The van der Waals surface area contributed by atoms with Gasteiger partial charge in [-0.15, -0.1) is 24.8 Å². The summed E-state index contributed by atoms with van der Waals surface area (Å²) >= 11 is 0. The second-order valence-electron chi connectivity index (χ2n) is 9.30. The summed E-state index contributed by atoms with van der Waals surface area (Å²) in [5, 5.41) is 3.04. The third-order valence-electron chi connectivity index (χ3n) is 6.99. The van der Waals surface area contributed by atoms with Crippen LogP contribution in [0.1, 0.15) is 58.1 Å². The van der Waals surface area contributed by atoms with Gasteiger partial charge in [-0.2, -0.15) is 0 Å². The number of likely N-dealkylation sites (tertiary alicyclic amines) is 1. The Balaban J connectivity index is 0.00000225. The number of ether oxygens (including phenoxy) is 1. The minimum atomic E-state index is -0.863. The van der Waals surface area contributed by atoms with Crippen molar-refractivity contribution in [3.63, 3.8) is 0 Å². The molecule has 0 spiro atoms. The zero-order chi connectivity index (χ0) is 20.4. The average molecular weight is 460 g/mol. The van der Waals surface area contributed by atoms with Crippen LogP contribution in [0.3, 0.4) is 0 Å². The van der Waals surface area contributed by atoms with Gasteiger partial charge < -0.3 is 15.8 Å². The van der Waals surface area contributed by atoms with Gasteiger partial charge in [-0.05, 0) is 49.9 Å². The highest BCUT2D eigenvalue weighted by Crippen LogP contribution is 2.49. The standard InChI is InChI=1S/C23H37N3O2.2ClH/c1-5-28-20-14-23(24,22(20,3)4)21(27)25-15-18-6-8-19(9-7-18)16-26-12-10-17(2)11-13-26;;/h6-9,17,20H,5,10-16,24H2,1-4H3,(H,25,27);2*1H. The Morgan fingerprint density at radius 1 is 1.17 bits per heavy atom. The molecule has 0 radical (unpaired) electrons. The summed E-state index contributed by atoms with van der Waals surface area (Å²) in [4.78, 5) is 15.3. The number of nitrogens with zero attached hydrogens (tertiary/aromatic N) is 1. The van der Waals surface area contributed by atoms with Crippen LogP contribution >= 0.6 is 24.8 Å². The lowest BCUT2D eigenvalue weighted by Crippen LogP contribution is -2.75. The summed E-state index contributed by atoms with van der Waals surface area (Å²) in [7, 11) is 0. The van der Waals surface area contributed by atoms with Gasteiger partial charge in [0, 0.05) is 31.5 Å². The van der Waals surface area contributed by atoms with Crippen LogP contribution in [0.4, 0.5) is 0 Å². The van der Waals surface area contributed by atoms with E-state index >= 15 is 0 Å². The molecule has 1 saturated carbocycles. The summed E-state index contributed by atoms with van der Waals surface area (Å²) in [6.07, 6.45) is 3.22. The van der Waals surface area contributed by atoms with Crippen molar-refractivity contribution in [2.45, 2.75) is 71.7 Å². The SMILES string of the molecule is CCOC1CC(N)(C(=O)NCc2ccc(CN3CCC(C)CC3)cc2)C1(C)C.Cl.Cl. The van der Waals surface area contributed by atoms with E-state index in [4.69, 9.17) is 10.5 Å². The number of carbonyl (C=O) groups excluding carboxylic acids is 1. The molecule has 2 atom stereocenters. The van der Waals surface area contributed by atoms with Crippen molar-refractivity contribution >= 4 is 30.7 Å². The number of hydrogen-bond acceptors (Lipinski definition) is 4. The van der Waals surface area contributed by atoms with Gasteiger partial charge in [-0.25, -0.2) is 0 Å². The Morgan fingerprint density at radius 3 is 2.27 bits per heavy atom. The number of piperidine rings is 1. The maximum atomic E-state index is 12.7. The van der Waals surface area contributed by atoms with Crippen molar-refractivity contribution in [3.05, 3.63) is 35.4 Å². The van der Waals surface area contributed by atoms with Crippen LogP contribution in [-0.2, 0) is 22.6 Å². The molecule has 1 heterocycles. The quantitative estimate of drug-likeness (QED) is 0.648. The first kappa shape index (κ1) is 27.2. The summed E-state index contributed by atoms with van der Waals surface area (Å²) < 4.78 is 5.72. The molecule has 1 saturated heterocycles. The molecule has 2 fully saturated rings. The molecular weight excluding hydrogens is 421 g/mol. The predicted octanol–water partition coefficient (Wildman–Crippen LogP) is 3.91. The fourth-order valence-electron chi connectivity index (χ4n) is 4.40. The number of nitrogens with one attached hydrogen (secondary N) is 1. The Labute approximate surface area is 194 Å². The van der Waals surface area contributed by atoms with Crippen molar-refractivity contribution in [3.8, 4) is 0 Å². The lowest BCUT2D eigenvalue weighted by Gasteiger charge is -2.57. The third-order valence-corrected chi connectivity index (χ3v) is 6.99. The number of benzene rings is 1. The van der Waals surface area contributed by atoms with Crippen LogP contribution in [-0.4, -0.2) is 42.1 Å². The highest BCUT2D eigenvalue weighted by molar-refractivity contribution is 5.88. The fourth-order valence-corrected chi connectivity index (χ4v) is 4.40. The molecule has 1 amide bonds. The molecule has 3 rings (SSSR count). The molecule has 1 aromatic carbocycles. The van der Waals surface area contributed by atoms with E-state index in [2.05, 4.69) is 41.4 Å². The second kappa shape index (κ2) is 11.1. The Kier molecular flexibility index (Phi) is 10.1. The molecule has 1 aliphatic carbocycles. The average Bonchev–Trinajstić information content (AvgIpc) is 2.68. The zero-order valence-corrected chi connectivity index (χ0v) is 20.4. The van der Waals surface area contributed by atoms with Crippen LogP contribution in [0, 0.1) is 11.3 Å². The number of nitrogens with two attached hydrogens (primary N) is 1. The number of halogens is 2. The predicted molar refractivity (Wildman–Crippen MR) is 127 cm³/mol. The van der Waals surface area contributed by atoms with E-state index in [1.165, 1.54) is 31.5 Å². The van der Waals surface area contributed by atoms with Crippen molar-refractivity contribution < 1.29 is 9.53 Å². The van der Waals surface area contributed by atoms with Gasteiger partial charge >= 0.3 is 0 Å². The molecule has 7 heteroatoms. The molecule has 5 nitrogen and oxygen atoms in total. The lowest BCUT2D eigenvalue weighted by molar-refractivity contribution is -0.170. The van der Waals surface area contributed by atoms with E-state index in [0.717, 1.165) is 18.0 Å². The first-order valence-electron chi connectivity index (χ1n) is 10.7. The van der Waals surface area contributed by atoms with E-state index in [1.54, 1.807) is 0 Å². The molecule has 30 heavy (non-hydrogen) atoms. The Bertz CT molecular complexity index is 676. The van der Waals surface area contributed by atoms with Crippen molar-refractivity contribution in [1.82, 2.24) is 10.2 Å². The minimum absolute atomic E-state index is 0. The third kappa shape index (κ3) is 5.68. The smallest absolute Gasteiger partial charge is 0.241 e. The van der Waals surface area contributed by atoms with Crippen LogP contribution in [0.15, 0.2) is 24.3 Å². The van der Waals surface area contributed by atoms with Crippen LogP contribution in [0.25, 0.3) is 0 Å². The first-order valence-corrected chi connectivity index (χ1v) is 10.7. The van der Waals surface area contributed by atoms with E-state index in [-0.39, 0.29) is 42.2 Å². The van der Waals surface area contributed by atoms with Gasteiger partial charge in [0.05, 0.1) is 6.10 Å².